The molecule has 1 aromatic carbocycles. The Hall–Kier alpha value is -4.97. The van der Waals surface area contributed by atoms with Crippen LogP contribution < -0.4 is 10.1 Å². The lowest BCUT2D eigenvalue weighted by molar-refractivity contribution is 0.0983. The highest BCUT2D eigenvalue weighted by Crippen LogP contribution is 2.28. The van der Waals surface area contributed by atoms with Gasteiger partial charge >= 0.3 is 6.09 Å². The van der Waals surface area contributed by atoms with E-state index in [1.807, 2.05) is 61.0 Å². The normalized spacial score (nSPS) is 14.0. The van der Waals surface area contributed by atoms with Crippen molar-refractivity contribution in [1.82, 2.24) is 33.9 Å². The molecule has 0 bridgehead atoms. The highest BCUT2D eigenvalue weighted by Gasteiger charge is 2.20. The van der Waals surface area contributed by atoms with Gasteiger partial charge in [-0.1, -0.05) is 12.1 Å². The predicted molar refractivity (Wildman–Crippen MR) is 157 cm³/mol. The molecule has 42 heavy (non-hydrogen) atoms. The Bertz CT molecular complexity index is 1770. The first-order chi connectivity index (χ1) is 20.4. The zero-order valence-corrected chi connectivity index (χ0v) is 23.5. The number of carbonyl (C=O) groups excluding carboxylic acids is 1. The number of amides is 2. The maximum Gasteiger partial charge on any atom is 0.407 e. The molecular weight excluding hydrogens is 536 g/mol. The van der Waals surface area contributed by atoms with E-state index in [-0.39, 0.29) is 5.91 Å². The Morgan fingerprint density at radius 2 is 1.86 bits per heavy atom. The Morgan fingerprint density at radius 1 is 1.05 bits per heavy atom. The number of anilines is 1. The SMILES string of the molecule is Cc1cccc(Cn2nc(C)c3c(NC(=O)c4cnc5cc(OCCN6CCN(C(=O)O)CC6)ccn45)cccc32)n1. The molecule has 216 valence electrons. The summed E-state index contributed by atoms with van der Waals surface area (Å²) in [7, 11) is 0. The van der Waals surface area contributed by atoms with Crippen LogP contribution in [0.25, 0.3) is 16.6 Å². The molecule has 0 saturated carbocycles. The second-order valence-corrected chi connectivity index (χ2v) is 10.4. The van der Waals surface area contributed by atoms with Crippen LogP contribution in [-0.2, 0) is 6.54 Å². The van der Waals surface area contributed by atoms with Gasteiger partial charge in [-0.05, 0) is 44.2 Å². The van der Waals surface area contributed by atoms with E-state index in [0.717, 1.165) is 28.0 Å². The van der Waals surface area contributed by atoms with E-state index in [9.17, 15) is 9.59 Å². The Kier molecular flexibility index (Phi) is 7.44. The zero-order chi connectivity index (χ0) is 29.2. The number of benzene rings is 1. The smallest absolute Gasteiger partial charge is 0.407 e. The van der Waals surface area contributed by atoms with Crippen LogP contribution in [0.1, 0.15) is 27.6 Å². The first kappa shape index (κ1) is 27.2. The number of rotatable bonds is 8. The number of nitrogens with one attached hydrogen (secondary N) is 1. The van der Waals surface area contributed by atoms with Crippen molar-refractivity contribution in [1.29, 1.82) is 0 Å². The summed E-state index contributed by atoms with van der Waals surface area (Å²) in [6, 6.07) is 15.3. The minimum absolute atomic E-state index is 0.281. The zero-order valence-electron chi connectivity index (χ0n) is 23.5. The Labute approximate surface area is 242 Å². The first-order valence-corrected chi connectivity index (χ1v) is 13.9. The second-order valence-electron chi connectivity index (χ2n) is 10.4. The Morgan fingerprint density at radius 3 is 2.64 bits per heavy atom. The summed E-state index contributed by atoms with van der Waals surface area (Å²) in [4.78, 5) is 37.1. The fraction of sp³-hybridized carbons (Fsp3) is 0.300. The molecule has 2 amide bonds. The van der Waals surface area contributed by atoms with Gasteiger partial charge in [0.25, 0.3) is 5.91 Å². The Balaban J connectivity index is 1.12. The number of hydrogen-bond donors (Lipinski definition) is 2. The summed E-state index contributed by atoms with van der Waals surface area (Å²) >= 11 is 0. The lowest BCUT2D eigenvalue weighted by Gasteiger charge is -2.32. The summed E-state index contributed by atoms with van der Waals surface area (Å²) in [6.07, 6.45) is 2.45. The maximum atomic E-state index is 13.4. The third kappa shape index (κ3) is 5.61. The number of carboxylic acid groups (broad SMARTS) is 1. The standard InChI is InChI=1S/C30H32N8O4/c1-20-5-3-6-22(32-20)19-38-25-8-4-7-24(28(25)21(2)34-38)33-29(39)26-18-31-27-17-23(9-10-37(26)27)42-16-15-35-11-13-36(14-12-35)30(40)41/h3-10,17-18H,11-16,19H2,1-2H3,(H,33,39)(H,40,41). The number of piperazine rings is 1. The van der Waals surface area contributed by atoms with E-state index in [1.165, 1.54) is 4.90 Å². The van der Waals surface area contributed by atoms with Crippen LogP contribution in [0.4, 0.5) is 10.5 Å². The van der Waals surface area contributed by atoms with Gasteiger partial charge in [0.2, 0.25) is 0 Å². The molecule has 0 unspecified atom stereocenters. The fourth-order valence-corrected chi connectivity index (χ4v) is 5.35. The fourth-order valence-electron chi connectivity index (χ4n) is 5.35. The molecule has 0 aliphatic carbocycles. The molecule has 0 spiro atoms. The van der Waals surface area contributed by atoms with Crippen molar-refractivity contribution < 1.29 is 19.4 Å². The summed E-state index contributed by atoms with van der Waals surface area (Å²) in [5, 5.41) is 17.8. The van der Waals surface area contributed by atoms with Crippen molar-refractivity contribution in [3.63, 3.8) is 0 Å². The topological polar surface area (TPSA) is 130 Å². The number of nitrogens with zero attached hydrogens (tertiary/aromatic N) is 7. The predicted octanol–water partition coefficient (Wildman–Crippen LogP) is 3.67. The molecule has 12 nitrogen and oxygen atoms in total. The minimum Gasteiger partial charge on any atom is -0.492 e. The largest absolute Gasteiger partial charge is 0.492 e. The number of aryl methyl sites for hydroxylation is 2. The van der Waals surface area contributed by atoms with Gasteiger partial charge in [-0.2, -0.15) is 5.10 Å². The van der Waals surface area contributed by atoms with Crippen LogP contribution in [0.3, 0.4) is 0 Å². The van der Waals surface area contributed by atoms with Crippen LogP contribution in [0.5, 0.6) is 5.75 Å². The average Bonchev–Trinajstić information content (AvgIpc) is 3.54. The van der Waals surface area contributed by atoms with Gasteiger partial charge in [-0.3, -0.25) is 23.8 Å². The van der Waals surface area contributed by atoms with E-state index in [1.54, 1.807) is 22.9 Å². The quantitative estimate of drug-likeness (QED) is 0.290. The second kappa shape index (κ2) is 11.5. The average molecular weight is 569 g/mol. The molecule has 4 aromatic heterocycles. The first-order valence-electron chi connectivity index (χ1n) is 13.9. The van der Waals surface area contributed by atoms with Gasteiger partial charge in [0.15, 0.2) is 0 Å². The van der Waals surface area contributed by atoms with Crippen molar-refractivity contribution in [2.24, 2.45) is 0 Å². The van der Waals surface area contributed by atoms with E-state index >= 15 is 0 Å². The molecule has 12 heteroatoms. The van der Waals surface area contributed by atoms with Crippen molar-refractivity contribution in [2.75, 3.05) is 44.6 Å². The molecule has 0 atom stereocenters. The summed E-state index contributed by atoms with van der Waals surface area (Å²) in [5.74, 6) is 0.372. The number of fused-ring (bicyclic) bond motifs is 2. The summed E-state index contributed by atoms with van der Waals surface area (Å²) in [6.45, 7) is 7.97. The van der Waals surface area contributed by atoms with Gasteiger partial charge in [0.1, 0.15) is 23.7 Å². The number of aromatic nitrogens is 5. The summed E-state index contributed by atoms with van der Waals surface area (Å²) < 4.78 is 9.57. The molecule has 1 aliphatic heterocycles. The van der Waals surface area contributed by atoms with Crippen LogP contribution in [0.15, 0.2) is 60.9 Å². The monoisotopic (exact) mass is 568 g/mol. The molecule has 0 radical (unpaired) electrons. The maximum absolute atomic E-state index is 13.4. The van der Waals surface area contributed by atoms with Crippen molar-refractivity contribution >= 4 is 34.2 Å². The lowest BCUT2D eigenvalue weighted by Crippen LogP contribution is -2.49. The van der Waals surface area contributed by atoms with Gasteiger partial charge in [0.05, 0.1) is 35.3 Å². The van der Waals surface area contributed by atoms with Crippen LogP contribution in [0, 0.1) is 13.8 Å². The molecule has 5 aromatic rings. The molecule has 2 N–H and O–H groups in total. The van der Waals surface area contributed by atoms with E-state index in [4.69, 9.17) is 14.9 Å². The highest BCUT2D eigenvalue weighted by atomic mass is 16.5. The van der Waals surface area contributed by atoms with E-state index in [2.05, 4.69) is 20.2 Å². The van der Waals surface area contributed by atoms with Crippen molar-refractivity contribution in [2.45, 2.75) is 20.4 Å². The van der Waals surface area contributed by atoms with Gasteiger partial charge < -0.3 is 20.1 Å². The molecule has 1 aliphatic rings. The third-order valence-electron chi connectivity index (χ3n) is 7.50. The number of pyridine rings is 2. The number of hydrogen-bond acceptors (Lipinski definition) is 7. The number of ether oxygens (including phenoxy) is 1. The van der Waals surface area contributed by atoms with E-state index in [0.29, 0.717) is 68.7 Å². The molecule has 1 saturated heterocycles. The molecule has 6 rings (SSSR count). The number of carbonyl (C=O) groups is 2. The van der Waals surface area contributed by atoms with Crippen LogP contribution in [0.2, 0.25) is 0 Å². The third-order valence-corrected chi connectivity index (χ3v) is 7.50. The van der Waals surface area contributed by atoms with Gasteiger partial charge in [0, 0.05) is 56.1 Å². The van der Waals surface area contributed by atoms with Crippen molar-refractivity contribution in [3.8, 4) is 5.75 Å². The lowest BCUT2D eigenvalue weighted by atomic mass is 10.1. The van der Waals surface area contributed by atoms with Crippen LogP contribution in [-0.4, -0.2) is 90.4 Å². The number of imidazole rings is 1. The van der Waals surface area contributed by atoms with E-state index < -0.39 is 6.09 Å². The van der Waals surface area contributed by atoms with Crippen LogP contribution >= 0.6 is 0 Å². The highest BCUT2D eigenvalue weighted by molar-refractivity contribution is 6.08. The summed E-state index contributed by atoms with van der Waals surface area (Å²) in [5.41, 5.74) is 5.28. The van der Waals surface area contributed by atoms with Crippen molar-refractivity contribution in [3.05, 3.63) is 83.7 Å². The minimum atomic E-state index is -0.873. The molecule has 1 fully saturated rings. The molecular formula is C30H32N8O4. The van der Waals surface area contributed by atoms with Gasteiger partial charge in [-0.15, -0.1) is 0 Å². The van der Waals surface area contributed by atoms with Gasteiger partial charge in [-0.25, -0.2) is 9.78 Å². The molecule has 5 heterocycles.